The molecule has 0 saturated carbocycles. The van der Waals surface area contributed by atoms with Gasteiger partial charge in [0.25, 0.3) is 0 Å². The molecule has 86 valence electrons. The van der Waals surface area contributed by atoms with E-state index in [1.807, 2.05) is 24.3 Å². The zero-order chi connectivity index (χ0) is 12.1. The number of hydrogen-bond acceptors (Lipinski definition) is 4. The Hall–Kier alpha value is -1.30. The predicted octanol–water partition coefficient (Wildman–Crippen LogP) is 1.05. The summed E-state index contributed by atoms with van der Waals surface area (Å²) in [5.41, 5.74) is 1.59. The molecule has 1 aromatic heterocycles. The Bertz CT molecular complexity index is 479. The minimum absolute atomic E-state index is 0.526. The summed E-state index contributed by atoms with van der Waals surface area (Å²) < 4.78 is 0. The molecule has 0 atom stereocenters. The maximum atomic E-state index is 9.07. The maximum Gasteiger partial charge on any atom is 0.488 e. The van der Waals surface area contributed by atoms with Gasteiger partial charge in [-0.3, -0.25) is 4.98 Å². The lowest BCUT2D eigenvalue weighted by molar-refractivity contribution is 0.425. The highest BCUT2D eigenvalue weighted by atomic mass is 32.2. The van der Waals surface area contributed by atoms with Crippen LogP contribution >= 0.6 is 11.8 Å². The standard InChI is InChI=1S/C12H12BNO2S/c15-13(16)11-3-1-2-10(8-11)9-17-12-4-6-14-7-5-12/h1-8,15-16H,9H2. The minimum atomic E-state index is -1.40. The van der Waals surface area contributed by atoms with E-state index < -0.39 is 7.12 Å². The summed E-state index contributed by atoms with van der Waals surface area (Å²) in [6, 6.07) is 11.2. The summed E-state index contributed by atoms with van der Waals surface area (Å²) in [5.74, 6) is 0.796. The third-order valence-corrected chi connectivity index (χ3v) is 3.39. The highest BCUT2D eigenvalue weighted by Gasteiger charge is 2.10. The molecule has 2 N–H and O–H groups in total. The highest BCUT2D eigenvalue weighted by Crippen LogP contribution is 2.21. The van der Waals surface area contributed by atoms with Crippen molar-refractivity contribution in [1.29, 1.82) is 0 Å². The maximum absolute atomic E-state index is 9.07. The number of pyridine rings is 1. The van der Waals surface area contributed by atoms with Crippen molar-refractivity contribution in [2.24, 2.45) is 0 Å². The first kappa shape index (κ1) is 12.2. The van der Waals surface area contributed by atoms with Gasteiger partial charge in [0, 0.05) is 23.0 Å². The van der Waals surface area contributed by atoms with E-state index in [9.17, 15) is 0 Å². The van der Waals surface area contributed by atoms with E-state index in [4.69, 9.17) is 10.0 Å². The Balaban J connectivity index is 2.02. The fourth-order valence-corrected chi connectivity index (χ4v) is 2.27. The van der Waals surface area contributed by atoms with Gasteiger partial charge in [-0.2, -0.15) is 0 Å². The van der Waals surface area contributed by atoms with Crippen LogP contribution in [0.4, 0.5) is 0 Å². The van der Waals surface area contributed by atoms with Crippen molar-refractivity contribution in [2.45, 2.75) is 10.6 Å². The van der Waals surface area contributed by atoms with Crippen molar-refractivity contribution in [3.8, 4) is 0 Å². The molecular weight excluding hydrogens is 233 g/mol. The minimum Gasteiger partial charge on any atom is -0.423 e. The van der Waals surface area contributed by atoms with Crippen LogP contribution in [0.5, 0.6) is 0 Å². The lowest BCUT2D eigenvalue weighted by Gasteiger charge is -2.04. The van der Waals surface area contributed by atoms with Crippen LogP contribution < -0.4 is 5.46 Å². The van der Waals surface area contributed by atoms with E-state index in [1.165, 1.54) is 0 Å². The number of aromatic nitrogens is 1. The quantitative estimate of drug-likeness (QED) is 0.624. The van der Waals surface area contributed by atoms with Gasteiger partial charge in [0.15, 0.2) is 0 Å². The monoisotopic (exact) mass is 245 g/mol. The topological polar surface area (TPSA) is 53.4 Å². The van der Waals surface area contributed by atoms with Crippen molar-refractivity contribution < 1.29 is 10.0 Å². The molecule has 1 heterocycles. The van der Waals surface area contributed by atoms with E-state index in [1.54, 1.807) is 36.3 Å². The molecule has 0 aliphatic rings. The van der Waals surface area contributed by atoms with Crippen molar-refractivity contribution in [3.63, 3.8) is 0 Å². The molecule has 0 aliphatic carbocycles. The molecule has 2 aromatic rings. The largest absolute Gasteiger partial charge is 0.488 e. The fraction of sp³-hybridized carbons (Fsp3) is 0.0833. The van der Waals surface area contributed by atoms with Crippen LogP contribution in [0.1, 0.15) is 5.56 Å². The van der Waals surface area contributed by atoms with Crippen LogP contribution in [0, 0.1) is 0 Å². The van der Waals surface area contributed by atoms with Crippen molar-refractivity contribution in [3.05, 3.63) is 54.4 Å². The molecule has 0 amide bonds. The van der Waals surface area contributed by atoms with Crippen LogP contribution in [-0.4, -0.2) is 22.2 Å². The zero-order valence-corrected chi connectivity index (χ0v) is 9.97. The van der Waals surface area contributed by atoms with Gasteiger partial charge in [-0.25, -0.2) is 0 Å². The normalized spacial score (nSPS) is 10.2. The predicted molar refractivity (Wildman–Crippen MR) is 70.1 cm³/mol. The van der Waals surface area contributed by atoms with Crippen molar-refractivity contribution in [2.75, 3.05) is 0 Å². The molecule has 0 saturated heterocycles. The Labute approximate surface area is 105 Å². The first-order chi connectivity index (χ1) is 8.25. The molecule has 17 heavy (non-hydrogen) atoms. The molecular formula is C12H12BNO2S. The van der Waals surface area contributed by atoms with Crippen molar-refractivity contribution in [1.82, 2.24) is 4.98 Å². The molecule has 3 nitrogen and oxygen atoms in total. The van der Waals surface area contributed by atoms with Crippen molar-refractivity contribution >= 4 is 24.3 Å². The summed E-state index contributed by atoms with van der Waals surface area (Å²) in [4.78, 5) is 5.11. The van der Waals surface area contributed by atoms with E-state index in [2.05, 4.69) is 4.98 Å². The number of rotatable bonds is 4. The number of hydrogen-bond donors (Lipinski definition) is 2. The van der Waals surface area contributed by atoms with Gasteiger partial charge in [0.1, 0.15) is 0 Å². The summed E-state index contributed by atoms with van der Waals surface area (Å²) in [7, 11) is -1.40. The van der Waals surface area contributed by atoms with Gasteiger partial charge in [-0.15, -0.1) is 11.8 Å². The number of thioether (sulfide) groups is 1. The van der Waals surface area contributed by atoms with Gasteiger partial charge < -0.3 is 10.0 Å². The van der Waals surface area contributed by atoms with E-state index in [-0.39, 0.29) is 0 Å². The van der Waals surface area contributed by atoms with E-state index in [0.29, 0.717) is 5.46 Å². The van der Waals surface area contributed by atoms with E-state index in [0.717, 1.165) is 16.2 Å². The van der Waals surface area contributed by atoms with Crippen LogP contribution in [0.25, 0.3) is 0 Å². The van der Waals surface area contributed by atoms with Gasteiger partial charge >= 0.3 is 7.12 Å². The molecule has 0 spiro atoms. The van der Waals surface area contributed by atoms with Crippen LogP contribution in [0.2, 0.25) is 0 Å². The average Bonchev–Trinajstić information content (AvgIpc) is 2.38. The highest BCUT2D eigenvalue weighted by molar-refractivity contribution is 7.98. The van der Waals surface area contributed by atoms with Gasteiger partial charge in [0.05, 0.1) is 0 Å². The van der Waals surface area contributed by atoms with Crippen LogP contribution in [0.15, 0.2) is 53.7 Å². The van der Waals surface area contributed by atoms with E-state index >= 15 is 0 Å². The molecule has 1 aromatic carbocycles. The summed E-state index contributed by atoms with van der Waals surface area (Å²) in [5, 5.41) is 18.1. The molecule has 0 aliphatic heterocycles. The van der Waals surface area contributed by atoms with Gasteiger partial charge in [-0.05, 0) is 23.2 Å². The second kappa shape index (κ2) is 5.86. The number of benzene rings is 1. The summed E-state index contributed by atoms with van der Waals surface area (Å²) >= 11 is 1.69. The summed E-state index contributed by atoms with van der Waals surface area (Å²) in [6.07, 6.45) is 3.52. The average molecular weight is 245 g/mol. The fourth-order valence-electron chi connectivity index (χ4n) is 1.44. The second-order valence-electron chi connectivity index (χ2n) is 3.59. The Morgan fingerprint density at radius 2 is 1.88 bits per heavy atom. The van der Waals surface area contributed by atoms with Gasteiger partial charge in [0.2, 0.25) is 0 Å². The Morgan fingerprint density at radius 3 is 2.59 bits per heavy atom. The molecule has 0 bridgehead atoms. The second-order valence-corrected chi connectivity index (χ2v) is 4.64. The third-order valence-electron chi connectivity index (χ3n) is 2.30. The molecule has 5 heteroatoms. The summed E-state index contributed by atoms with van der Waals surface area (Å²) in [6.45, 7) is 0. The molecule has 0 unspecified atom stereocenters. The molecule has 0 fully saturated rings. The first-order valence-electron chi connectivity index (χ1n) is 5.23. The zero-order valence-electron chi connectivity index (χ0n) is 9.15. The lowest BCUT2D eigenvalue weighted by Crippen LogP contribution is -2.29. The lowest BCUT2D eigenvalue weighted by atomic mass is 9.80. The third kappa shape index (κ3) is 3.59. The molecule has 0 radical (unpaired) electrons. The smallest absolute Gasteiger partial charge is 0.423 e. The number of nitrogens with zero attached hydrogens (tertiary/aromatic N) is 1. The Morgan fingerprint density at radius 1 is 1.12 bits per heavy atom. The van der Waals surface area contributed by atoms with Crippen LogP contribution in [-0.2, 0) is 5.75 Å². The van der Waals surface area contributed by atoms with Gasteiger partial charge in [-0.1, -0.05) is 24.3 Å². The Kier molecular flexibility index (Phi) is 4.20. The van der Waals surface area contributed by atoms with Crippen LogP contribution in [0.3, 0.4) is 0 Å². The first-order valence-corrected chi connectivity index (χ1v) is 6.22. The SMILES string of the molecule is OB(O)c1cccc(CSc2ccncc2)c1. The molecule has 2 rings (SSSR count).